The molecule has 1 aromatic carbocycles. The second-order valence-electron chi connectivity index (χ2n) is 5.75. The molecule has 1 aliphatic carbocycles. The number of aromatic nitrogens is 1. The molecular weight excluding hydrogens is 284 g/mol. The van der Waals surface area contributed by atoms with Gasteiger partial charge in [0.1, 0.15) is 5.54 Å². The van der Waals surface area contributed by atoms with Crippen LogP contribution in [0.4, 0.5) is 0 Å². The summed E-state index contributed by atoms with van der Waals surface area (Å²) >= 11 is 1.65. The zero-order chi connectivity index (χ0) is 14.9. The van der Waals surface area contributed by atoms with E-state index in [4.69, 9.17) is 4.74 Å². The third kappa shape index (κ3) is 3.24. The number of ether oxygens (including phenoxy) is 1. The van der Waals surface area contributed by atoms with E-state index in [1.165, 1.54) is 12.5 Å². The molecule has 1 atom stereocenters. The Morgan fingerprint density at radius 3 is 2.90 bits per heavy atom. The summed E-state index contributed by atoms with van der Waals surface area (Å²) in [4.78, 5) is 15.5. The van der Waals surface area contributed by atoms with Crippen LogP contribution in [-0.4, -0.2) is 35.4 Å². The minimum Gasteiger partial charge on any atom is -0.468 e. The van der Waals surface area contributed by atoms with Gasteiger partial charge in [0, 0.05) is 22.7 Å². The molecule has 1 aromatic heterocycles. The molecule has 1 aliphatic rings. The van der Waals surface area contributed by atoms with Crippen molar-refractivity contribution in [3.05, 3.63) is 30.3 Å². The molecule has 3 rings (SSSR count). The van der Waals surface area contributed by atoms with Gasteiger partial charge in [0.15, 0.2) is 0 Å². The topological polar surface area (TPSA) is 54.1 Å². The van der Waals surface area contributed by atoms with Crippen molar-refractivity contribution >= 4 is 28.6 Å². The number of para-hydroxylation sites is 1. The molecule has 0 bridgehead atoms. The minimum absolute atomic E-state index is 0.196. The third-order valence-corrected chi connectivity index (χ3v) is 5.01. The van der Waals surface area contributed by atoms with E-state index in [0.29, 0.717) is 11.8 Å². The van der Waals surface area contributed by atoms with E-state index in [-0.39, 0.29) is 5.97 Å². The first kappa shape index (κ1) is 14.5. The van der Waals surface area contributed by atoms with Crippen LogP contribution in [0.3, 0.4) is 0 Å². The summed E-state index contributed by atoms with van der Waals surface area (Å²) < 4.78 is 4.97. The van der Waals surface area contributed by atoms with Crippen LogP contribution in [-0.2, 0) is 9.53 Å². The number of benzene rings is 1. The molecule has 2 aromatic rings. The lowest BCUT2D eigenvalue weighted by atomic mass is 10.1. The molecule has 0 aliphatic heterocycles. The van der Waals surface area contributed by atoms with Gasteiger partial charge >= 0.3 is 5.97 Å². The van der Waals surface area contributed by atoms with Crippen molar-refractivity contribution in [2.24, 2.45) is 0 Å². The Morgan fingerprint density at radius 2 is 2.24 bits per heavy atom. The highest BCUT2D eigenvalue weighted by Crippen LogP contribution is 2.29. The number of nitrogens with one attached hydrogen (secondary N) is 2. The summed E-state index contributed by atoms with van der Waals surface area (Å²) in [6.07, 6.45) is 2.28. The van der Waals surface area contributed by atoms with Crippen molar-refractivity contribution < 1.29 is 9.53 Å². The van der Waals surface area contributed by atoms with Gasteiger partial charge in [-0.2, -0.15) is 0 Å². The van der Waals surface area contributed by atoms with Gasteiger partial charge in [0.05, 0.1) is 12.1 Å². The van der Waals surface area contributed by atoms with Crippen LogP contribution in [0.15, 0.2) is 35.4 Å². The smallest absolute Gasteiger partial charge is 0.326 e. The van der Waals surface area contributed by atoms with Crippen LogP contribution >= 0.6 is 11.8 Å². The molecule has 1 unspecified atom stereocenters. The maximum absolute atomic E-state index is 12.1. The van der Waals surface area contributed by atoms with E-state index in [0.717, 1.165) is 23.4 Å². The number of carbonyl (C=O) groups is 1. The molecule has 1 saturated carbocycles. The molecule has 2 N–H and O–H groups in total. The fourth-order valence-corrected chi connectivity index (χ4v) is 3.45. The van der Waals surface area contributed by atoms with Crippen LogP contribution in [0.1, 0.15) is 19.8 Å². The number of hydrogen-bond acceptors (Lipinski definition) is 4. The Balaban J connectivity index is 1.71. The highest BCUT2D eigenvalue weighted by molar-refractivity contribution is 7.99. The SMILES string of the molecule is COC(=O)C(C)(CSc1cc2ccccc2[nH]1)NC1CC1. The first-order valence-corrected chi connectivity index (χ1v) is 8.16. The Morgan fingerprint density at radius 1 is 1.48 bits per heavy atom. The maximum atomic E-state index is 12.1. The van der Waals surface area contributed by atoms with Gasteiger partial charge in [-0.3, -0.25) is 10.1 Å². The van der Waals surface area contributed by atoms with Gasteiger partial charge in [-0.1, -0.05) is 18.2 Å². The number of H-pyrrole nitrogens is 1. The lowest BCUT2D eigenvalue weighted by Gasteiger charge is -2.27. The Hall–Kier alpha value is -1.46. The second kappa shape index (κ2) is 5.73. The molecule has 0 amide bonds. The summed E-state index contributed by atoms with van der Waals surface area (Å²) in [6.45, 7) is 1.92. The van der Waals surface area contributed by atoms with E-state index < -0.39 is 5.54 Å². The summed E-state index contributed by atoms with van der Waals surface area (Å²) in [5, 5.41) is 5.68. The Bertz CT molecular complexity index is 618. The fourth-order valence-electron chi connectivity index (χ4n) is 2.41. The molecule has 0 saturated heterocycles. The van der Waals surface area contributed by atoms with Crippen LogP contribution in [0.25, 0.3) is 10.9 Å². The van der Waals surface area contributed by atoms with Crippen molar-refractivity contribution in [2.45, 2.75) is 36.4 Å². The second-order valence-corrected chi connectivity index (χ2v) is 6.77. The number of fused-ring (bicyclic) bond motifs is 1. The Kier molecular flexibility index (Phi) is 3.95. The van der Waals surface area contributed by atoms with Crippen molar-refractivity contribution in [2.75, 3.05) is 12.9 Å². The normalized spacial score (nSPS) is 17.6. The molecule has 1 fully saturated rings. The van der Waals surface area contributed by atoms with E-state index in [9.17, 15) is 4.79 Å². The number of thioether (sulfide) groups is 1. The van der Waals surface area contributed by atoms with Gasteiger partial charge < -0.3 is 9.72 Å². The summed E-state index contributed by atoms with van der Waals surface area (Å²) in [5.41, 5.74) is 0.479. The number of aromatic amines is 1. The lowest BCUT2D eigenvalue weighted by Crippen LogP contribution is -2.53. The van der Waals surface area contributed by atoms with Gasteiger partial charge in [0.2, 0.25) is 0 Å². The standard InChI is InChI=1S/C16H20N2O2S/c1-16(15(19)20-2,18-12-7-8-12)10-21-14-9-11-5-3-4-6-13(11)17-14/h3-6,9,12,17-18H,7-8,10H2,1-2H3. The number of hydrogen-bond donors (Lipinski definition) is 2. The molecule has 0 spiro atoms. The number of rotatable bonds is 6. The highest BCUT2D eigenvalue weighted by Gasteiger charge is 2.39. The largest absolute Gasteiger partial charge is 0.468 e. The first-order valence-electron chi connectivity index (χ1n) is 7.17. The van der Waals surface area contributed by atoms with Gasteiger partial charge in [-0.05, 0) is 31.9 Å². The van der Waals surface area contributed by atoms with Crippen LogP contribution in [0.5, 0.6) is 0 Å². The van der Waals surface area contributed by atoms with Gasteiger partial charge in [0.25, 0.3) is 0 Å². The molecule has 4 nitrogen and oxygen atoms in total. The van der Waals surface area contributed by atoms with E-state index in [1.807, 2.05) is 19.1 Å². The summed E-state index contributed by atoms with van der Waals surface area (Å²) in [7, 11) is 1.45. The molecule has 1 heterocycles. The number of methoxy groups -OCH3 is 1. The number of esters is 1. The fraction of sp³-hybridized carbons (Fsp3) is 0.438. The highest BCUT2D eigenvalue weighted by atomic mass is 32.2. The minimum atomic E-state index is -0.641. The zero-order valence-corrected chi connectivity index (χ0v) is 13.1. The molecule has 5 heteroatoms. The van der Waals surface area contributed by atoms with Crippen LogP contribution in [0.2, 0.25) is 0 Å². The zero-order valence-electron chi connectivity index (χ0n) is 12.3. The monoisotopic (exact) mass is 304 g/mol. The van der Waals surface area contributed by atoms with Gasteiger partial charge in [-0.15, -0.1) is 11.8 Å². The molecule has 0 radical (unpaired) electrons. The van der Waals surface area contributed by atoms with E-state index in [1.54, 1.807) is 11.8 Å². The predicted molar refractivity (Wildman–Crippen MR) is 85.6 cm³/mol. The quantitative estimate of drug-likeness (QED) is 0.636. The van der Waals surface area contributed by atoms with E-state index >= 15 is 0 Å². The lowest BCUT2D eigenvalue weighted by molar-refractivity contribution is -0.147. The summed E-state index contributed by atoms with van der Waals surface area (Å²) in [6, 6.07) is 10.8. The first-order chi connectivity index (χ1) is 10.1. The van der Waals surface area contributed by atoms with Crippen molar-refractivity contribution in [3.8, 4) is 0 Å². The predicted octanol–water partition coefficient (Wildman–Crippen LogP) is 2.94. The van der Waals surface area contributed by atoms with E-state index in [2.05, 4.69) is 28.5 Å². The average Bonchev–Trinajstić information content (AvgIpc) is 3.19. The van der Waals surface area contributed by atoms with Gasteiger partial charge in [-0.25, -0.2) is 0 Å². The number of carbonyl (C=O) groups excluding carboxylic acids is 1. The maximum Gasteiger partial charge on any atom is 0.326 e. The molecule has 21 heavy (non-hydrogen) atoms. The molecule has 112 valence electrons. The van der Waals surface area contributed by atoms with Crippen molar-refractivity contribution in [1.29, 1.82) is 0 Å². The third-order valence-electron chi connectivity index (χ3n) is 3.76. The Labute approximate surface area is 128 Å². The molecular formula is C16H20N2O2S. The van der Waals surface area contributed by atoms with Crippen LogP contribution < -0.4 is 5.32 Å². The average molecular weight is 304 g/mol. The van der Waals surface area contributed by atoms with Crippen LogP contribution in [0, 0.1) is 0 Å². The van der Waals surface area contributed by atoms with Crippen molar-refractivity contribution in [3.63, 3.8) is 0 Å². The van der Waals surface area contributed by atoms with Crippen molar-refractivity contribution in [1.82, 2.24) is 10.3 Å². The summed E-state index contributed by atoms with van der Waals surface area (Å²) in [5.74, 6) is 0.446.